The second-order valence-electron chi connectivity index (χ2n) is 9.96. The maximum absolute atomic E-state index is 14.2. The Bertz CT molecular complexity index is 1400. The van der Waals surface area contributed by atoms with Gasteiger partial charge in [0.05, 0.1) is 4.92 Å². The van der Waals surface area contributed by atoms with Crippen molar-refractivity contribution in [1.82, 2.24) is 4.57 Å². The summed E-state index contributed by atoms with van der Waals surface area (Å²) < 4.78 is 1.03. The van der Waals surface area contributed by atoms with Crippen molar-refractivity contribution in [2.24, 2.45) is 0 Å². The van der Waals surface area contributed by atoms with Crippen molar-refractivity contribution in [2.75, 3.05) is 10.2 Å². The van der Waals surface area contributed by atoms with Crippen LogP contribution in [0.4, 0.5) is 17.1 Å². The first-order chi connectivity index (χ1) is 18.1. The van der Waals surface area contributed by atoms with Gasteiger partial charge in [-0.3, -0.25) is 29.4 Å². The molecule has 1 aromatic heterocycles. The lowest BCUT2D eigenvalue weighted by Crippen LogP contribution is -2.61. The number of rotatable bonds is 7. The van der Waals surface area contributed by atoms with Gasteiger partial charge in [0, 0.05) is 23.6 Å². The van der Waals surface area contributed by atoms with Gasteiger partial charge in [0.2, 0.25) is 5.91 Å². The van der Waals surface area contributed by atoms with Gasteiger partial charge in [-0.1, -0.05) is 55.2 Å². The predicted octanol–water partition coefficient (Wildman–Crippen LogP) is 5.06. The van der Waals surface area contributed by atoms with Crippen molar-refractivity contribution in [1.29, 1.82) is 0 Å². The van der Waals surface area contributed by atoms with E-state index in [1.165, 1.54) is 17.2 Å². The third kappa shape index (κ3) is 5.22. The van der Waals surface area contributed by atoms with E-state index < -0.39 is 34.2 Å². The monoisotopic (exact) mass is 516 g/mol. The summed E-state index contributed by atoms with van der Waals surface area (Å²) >= 11 is 0. The highest BCUT2D eigenvalue weighted by atomic mass is 16.6. The summed E-state index contributed by atoms with van der Waals surface area (Å²) in [7, 11) is 0. The molecule has 0 saturated heterocycles. The second-order valence-corrected chi connectivity index (χ2v) is 9.96. The van der Waals surface area contributed by atoms with Crippen molar-refractivity contribution in [3.05, 3.63) is 98.0 Å². The molecule has 0 atom stereocenters. The van der Waals surface area contributed by atoms with Gasteiger partial charge < -0.3 is 9.88 Å². The Morgan fingerprint density at radius 1 is 0.974 bits per heavy atom. The molecule has 1 N–H and O–H groups in total. The van der Waals surface area contributed by atoms with E-state index in [2.05, 4.69) is 5.32 Å². The molecule has 3 aromatic rings. The number of nitrogens with one attached hydrogen (secondary N) is 1. The SMILES string of the molecule is Cc1ccc(N(C(=O)Cn2cccc([N+](=O)[O-])c2=O)C2(C(=O)Nc3c(C)cccc3C)CCCCC2)cc1. The number of nitro groups is 1. The van der Waals surface area contributed by atoms with Crippen LogP contribution in [-0.4, -0.2) is 26.8 Å². The van der Waals surface area contributed by atoms with E-state index in [0.717, 1.165) is 46.6 Å². The Hall–Kier alpha value is -4.27. The molecule has 0 spiro atoms. The van der Waals surface area contributed by atoms with Crippen LogP contribution < -0.4 is 15.8 Å². The van der Waals surface area contributed by atoms with E-state index >= 15 is 0 Å². The maximum Gasteiger partial charge on any atom is 0.334 e. The number of nitrogens with zero attached hydrogens (tertiary/aromatic N) is 3. The van der Waals surface area contributed by atoms with Crippen LogP contribution in [-0.2, 0) is 16.1 Å². The van der Waals surface area contributed by atoms with Gasteiger partial charge in [-0.05, 0) is 62.9 Å². The third-order valence-electron chi connectivity index (χ3n) is 7.30. The average molecular weight is 517 g/mol. The van der Waals surface area contributed by atoms with Crippen molar-refractivity contribution in [2.45, 2.75) is 65.0 Å². The smallest absolute Gasteiger partial charge is 0.324 e. The topological polar surface area (TPSA) is 115 Å². The molecule has 9 heteroatoms. The van der Waals surface area contributed by atoms with Crippen LogP contribution in [0.15, 0.2) is 65.6 Å². The highest BCUT2D eigenvalue weighted by molar-refractivity contribution is 6.08. The van der Waals surface area contributed by atoms with Crippen LogP contribution >= 0.6 is 0 Å². The summed E-state index contributed by atoms with van der Waals surface area (Å²) in [5.41, 5.74) is 1.42. The number of para-hydroxylation sites is 1. The molecule has 4 rings (SSSR count). The molecule has 0 bridgehead atoms. The van der Waals surface area contributed by atoms with Gasteiger partial charge in [0.25, 0.3) is 5.91 Å². The van der Waals surface area contributed by atoms with Crippen LogP contribution in [0, 0.1) is 30.9 Å². The Kier molecular flexibility index (Phi) is 7.75. The molecular weight excluding hydrogens is 484 g/mol. The number of carbonyl (C=O) groups is 2. The first kappa shape index (κ1) is 26.8. The number of anilines is 2. The molecule has 2 amide bonds. The number of aromatic nitrogens is 1. The number of amides is 2. The van der Waals surface area contributed by atoms with Gasteiger partial charge in [-0.2, -0.15) is 0 Å². The number of aryl methyl sites for hydroxylation is 3. The van der Waals surface area contributed by atoms with Gasteiger partial charge in [-0.15, -0.1) is 0 Å². The molecule has 0 unspecified atom stereocenters. The zero-order chi connectivity index (χ0) is 27.4. The van der Waals surface area contributed by atoms with E-state index in [0.29, 0.717) is 24.2 Å². The average Bonchev–Trinajstić information content (AvgIpc) is 2.89. The number of benzene rings is 2. The quantitative estimate of drug-likeness (QED) is 0.348. The fraction of sp³-hybridized carbons (Fsp3) is 0.345. The number of pyridine rings is 1. The van der Waals surface area contributed by atoms with Crippen LogP contribution in [0.3, 0.4) is 0 Å². The zero-order valence-electron chi connectivity index (χ0n) is 21.9. The highest BCUT2D eigenvalue weighted by Gasteiger charge is 2.48. The lowest BCUT2D eigenvalue weighted by molar-refractivity contribution is -0.386. The van der Waals surface area contributed by atoms with Gasteiger partial charge in [-0.25, -0.2) is 0 Å². The van der Waals surface area contributed by atoms with Crippen molar-refractivity contribution < 1.29 is 14.5 Å². The molecule has 9 nitrogen and oxygen atoms in total. The summed E-state index contributed by atoms with van der Waals surface area (Å²) in [6.45, 7) is 5.34. The molecule has 2 aromatic carbocycles. The van der Waals surface area contributed by atoms with Gasteiger partial charge in [0.15, 0.2) is 0 Å². The lowest BCUT2D eigenvalue weighted by Gasteiger charge is -2.45. The second kappa shape index (κ2) is 11.0. The molecular formula is C29H32N4O5. The largest absolute Gasteiger partial charge is 0.334 e. The lowest BCUT2D eigenvalue weighted by atomic mass is 9.78. The Morgan fingerprint density at radius 2 is 1.61 bits per heavy atom. The maximum atomic E-state index is 14.2. The van der Waals surface area contributed by atoms with Gasteiger partial charge >= 0.3 is 11.2 Å². The summed E-state index contributed by atoms with van der Waals surface area (Å²) in [5, 5.41) is 14.4. The highest BCUT2D eigenvalue weighted by Crippen LogP contribution is 2.39. The molecule has 1 saturated carbocycles. The first-order valence-electron chi connectivity index (χ1n) is 12.8. The summed E-state index contributed by atoms with van der Waals surface area (Å²) in [4.78, 5) is 53.0. The minimum atomic E-state index is -1.19. The Balaban J connectivity index is 1.81. The van der Waals surface area contributed by atoms with E-state index in [1.807, 2.05) is 51.1 Å². The molecule has 198 valence electrons. The van der Waals surface area contributed by atoms with Crippen LogP contribution in [0.1, 0.15) is 48.8 Å². The molecule has 38 heavy (non-hydrogen) atoms. The summed E-state index contributed by atoms with van der Waals surface area (Å²) in [6, 6.07) is 15.6. The van der Waals surface area contributed by atoms with Gasteiger partial charge in [0.1, 0.15) is 12.1 Å². The molecule has 1 fully saturated rings. The Morgan fingerprint density at radius 3 is 2.21 bits per heavy atom. The number of hydrogen-bond acceptors (Lipinski definition) is 5. The third-order valence-corrected chi connectivity index (χ3v) is 7.30. The van der Waals surface area contributed by atoms with E-state index in [9.17, 15) is 24.5 Å². The molecule has 1 aliphatic carbocycles. The minimum Gasteiger partial charge on any atom is -0.324 e. The van der Waals surface area contributed by atoms with E-state index in [-0.39, 0.29) is 5.91 Å². The van der Waals surface area contributed by atoms with Crippen molar-refractivity contribution in [3.8, 4) is 0 Å². The summed E-state index contributed by atoms with van der Waals surface area (Å²) in [5.74, 6) is -0.773. The summed E-state index contributed by atoms with van der Waals surface area (Å²) in [6.07, 6.45) is 4.71. The molecule has 1 heterocycles. The zero-order valence-corrected chi connectivity index (χ0v) is 21.9. The van der Waals surface area contributed by atoms with E-state index in [1.54, 1.807) is 12.1 Å². The minimum absolute atomic E-state index is 0.282. The molecule has 1 aliphatic rings. The molecule has 0 radical (unpaired) electrons. The van der Waals surface area contributed by atoms with Crippen LogP contribution in [0.25, 0.3) is 0 Å². The van der Waals surface area contributed by atoms with Crippen molar-refractivity contribution >= 4 is 28.9 Å². The first-order valence-corrected chi connectivity index (χ1v) is 12.8. The molecule has 0 aliphatic heterocycles. The number of carbonyl (C=O) groups excluding carboxylic acids is 2. The fourth-order valence-electron chi connectivity index (χ4n) is 5.26. The fourth-order valence-corrected chi connectivity index (χ4v) is 5.26. The normalized spacial score (nSPS) is 14.5. The van der Waals surface area contributed by atoms with Crippen molar-refractivity contribution in [3.63, 3.8) is 0 Å². The van der Waals surface area contributed by atoms with Crippen LogP contribution in [0.2, 0.25) is 0 Å². The Labute approximate surface area is 221 Å². The predicted molar refractivity (Wildman–Crippen MR) is 146 cm³/mol. The van der Waals surface area contributed by atoms with E-state index in [4.69, 9.17) is 0 Å². The standard InChI is InChI=1S/C29H32N4O5/c1-20-12-14-23(15-13-20)32(25(34)19-31-18-8-11-24(27(31)35)33(37)38)29(16-5-4-6-17-29)28(36)30-26-21(2)9-7-10-22(26)3/h7-15,18H,4-6,16-17,19H2,1-3H3,(H,30,36). The number of hydrogen-bond donors (Lipinski definition) is 1. The van der Waals surface area contributed by atoms with Crippen LogP contribution in [0.5, 0.6) is 0 Å².